The van der Waals surface area contributed by atoms with E-state index in [1.165, 1.54) is 12.8 Å². The normalized spacial score (nSPS) is 24.2. The molecule has 1 N–H and O–H groups in total. The molecule has 0 radical (unpaired) electrons. The molecule has 0 aliphatic heterocycles. The van der Waals surface area contributed by atoms with Gasteiger partial charge in [0, 0.05) is 20.1 Å². The van der Waals surface area contributed by atoms with Gasteiger partial charge in [0.2, 0.25) is 5.89 Å². The summed E-state index contributed by atoms with van der Waals surface area (Å²) < 4.78 is 5.38. The van der Waals surface area contributed by atoms with Gasteiger partial charge in [0.15, 0.2) is 0 Å². The van der Waals surface area contributed by atoms with Gasteiger partial charge in [-0.05, 0) is 31.0 Å². The van der Waals surface area contributed by atoms with Gasteiger partial charge in [-0.25, -0.2) is 0 Å². The van der Waals surface area contributed by atoms with E-state index in [1.807, 2.05) is 19.0 Å². The smallest absolute Gasteiger partial charge is 0.265 e. The number of nitrogens with one attached hydrogen (secondary N) is 1. The number of hydrogen-bond acceptors (Lipinski definition) is 5. The lowest BCUT2D eigenvalue weighted by atomic mass is 10.0. The van der Waals surface area contributed by atoms with Crippen LogP contribution < -0.4 is 10.2 Å². The van der Waals surface area contributed by atoms with Crippen molar-refractivity contribution >= 4 is 5.95 Å². The quantitative estimate of drug-likeness (QED) is 0.847. The Bertz CT molecular complexity index is 350. The summed E-state index contributed by atoms with van der Waals surface area (Å²) in [6.45, 7) is 3.25. The van der Waals surface area contributed by atoms with Gasteiger partial charge in [-0.2, -0.15) is 4.98 Å². The lowest BCUT2D eigenvalue weighted by molar-refractivity contribution is 0.330. The van der Waals surface area contributed by atoms with E-state index in [1.54, 1.807) is 0 Å². The molecule has 0 saturated heterocycles. The van der Waals surface area contributed by atoms with Crippen LogP contribution in [0.4, 0.5) is 5.95 Å². The van der Waals surface area contributed by atoms with Gasteiger partial charge >= 0.3 is 0 Å². The average molecular weight is 238 g/mol. The molecule has 1 aromatic heterocycles. The first-order chi connectivity index (χ1) is 8.22. The molecule has 1 aromatic rings. The zero-order chi connectivity index (χ0) is 12.3. The molecule has 5 nitrogen and oxygen atoms in total. The van der Waals surface area contributed by atoms with Crippen LogP contribution in [-0.4, -0.2) is 36.8 Å². The number of nitrogens with zero attached hydrogens (tertiary/aromatic N) is 3. The highest BCUT2D eigenvalue weighted by Crippen LogP contribution is 2.34. The van der Waals surface area contributed by atoms with E-state index in [-0.39, 0.29) is 0 Å². The molecule has 0 bridgehead atoms. The van der Waals surface area contributed by atoms with Crippen LogP contribution in [0.2, 0.25) is 0 Å². The third kappa shape index (κ3) is 2.77. The van der Waals surface area contributed by atoms with Crippen molar-refractivity contribution in [2.75, 3.05) is 25.5 Å². The summed E-state index contributed by atoms with van der Waals surface area (Å²) in [4.78, 5) is 6.33. The molecule has 17 heavy (non-hydrogen) atoms. The van der Waals surface area contributed by atoms with Gasteiger partial charge in [-0.1, -0.05) is 13.3 Å². The van der Waals surface area contributed by atoms with Gasteiger partial charge in [0.05, 0.1) is 5.92 Å². The Morgan fingerprint density at radius 3 is 2.88 bits per heavy atom. The summed E-state index contributed by atoms with van der Waals surface area (Å²) in [5, 5.41) is 7.56. The standard InChI is InChI=1S/C12H22N4O/c1-4-8-13-10-7-5-6-9(10)11-14-12(15-17-11)16(2)3/h9-10,13H,4-8H2,1-3H3. The van der Waals surface area contributed by atoms with Crippen LogP contribution >= 0.6 is 0 Å². The van der Waals surface area contributed by atoms with E-state index in [0.717, 1.165) is 25.3 Å². The second-order valence-corrected chi connectivity index (χ2v) is 4.93. The third-order valence-corrected chi connectivity index (χ3v) is 3.32. The minimum Gasteiger partial charge on any atom is -0.344 e. The van der Waals surface area contributed by atoms with Gasteiger partial charge in [0.1, 0.15) is 0 Å². The largest absolute Gasteiger partial charge is 0.344 e. The maximum atomic E-state index is 5.38. The Hall–Kier alpha value is -1.10. The van der Waals surface area contributed by atoms with Crippen LogP contribution in [0.3, 0.4) is 0 Å². The second kappa shape index (κ2) is 5.49. The molecule has 1 aliphatic rings. The highest BCUT2D eigenvalue weighted by Gasteiger charge is 2.32. The lowest BCUT2D eigenvalue weighted by Gasteiger charge is -2.17. The minimum atomic E-state index is 0.391. The molecule has 0 spiro atoms. The first-order valence-corrected chi connectivity index (χ1v) is 6.46. The van der Waals surface area contributed by atoms with Crippen molar-refractivity contribution in [1.29, 1.82) is 0 Å². The van der Waals surface area contributed by atoms with Crippen molar-refractivity contribution < 1.29 is 4.52 Å². The second-order valence-electron chi connectivity index (χ2n) is 4.93. The summed E-state index contributed by atoms with van der Waals surface area (Å²) in [6, 6.07) is 0.505. The monoisotopic (exact) mass is 238 g/mol. The molecule has 0 amide bonds. The van der Waals surface area contributed by atoms with Crippen LogP contribution in [0.5, 0.6) is 0 Å². The zero-order valence-corrected chi connectivity index (χ0v) is 10.9. The molecular formula is C12H22N4O. The van der Waals surface area contributed by atoms with Crippen LogP contribution in [0.25, 0.3) is 0 Å². The first-order valence-electron chi connectivity index (χ1n) is 6.46. The first kappa shape index (κ1) is 12.4. The highest BCUT2D eigenvalue weighted by atomic mass is 16.5. The summed E-state index contributed by atoms with van der Waals surface area (Å²) in [5.41, 5.74) is 0. The molecule has 2 atom stereocenters. The summed E-state index contributed by atoms with van der Waals surface area (Å²) >= 11 is 0. The van der Waals surface area contributed by atoms with Crippen molar-refractivity contribution in [3.8, 4) is 0 Å². The molecule has 1 heterocycles. The van der Waals surface area contributed by atoms with E-state index in [2.05, 4.69) is 22.4 Å². The van der Waals surface area contributed by atoms with E-state index in [4.69, 9.17) is 4.52 Å². The fourth-order valence-electron chi connectivity index (χ4n) is 2.39. The predicted molar refractivity (Wildman–Crippen MR) is 67.3 cm³/mol. The van der Waals surface area contributed by atoms with E-state index in [0.29, 0.717) is 17.9 Å². The summed E-state index contributed by atoms with van der Waals surface area (Å²) in [7, 11) is 3.85. The van der Waals surface area contributed by atoms with Crippen LogP contribution in [0.1, 0.15) is 44.4 Å². The average Bonchev–Trinajstić information content (AvgIpc) is 2.94. The number of rotatable bonds is 5. The third-order valence-electron chi connectivity index (χ3n) is 3.32. The lowest BCUT2D eigenvalue weighted by Crippen LogP contribution is -2.31. The summed E-state index contributed by atoms with van der Waals surface area (Å²) in [6.07, 6.45) is 4.77. The van der Waals surface area contributed by atoms with Crippen LogP contribution in [0, 0.1) is 0 Å². The van der Waals surface area contributed by atoms with Gasteiger partial charge in [-0.15, -0.1) is 0 Å². The fraction of sp³-hybridized carbons (Fsp3) is 0.833. The predicted octanol–water partition coefficient (Wildman–Crippen LogP) is 1.77. The minimum absolute atomic E-state index is 0.391. The fourth-order valence-corrected chi connectivity index (χ4v) is 2.39. The van der Waals surface area contributed by atoms with Gasteiger partial charge in [-0.3, -0.25) is 0 Å². The molecule has 96 valence electrons. The zero-order valence-electron chi connectivity index (χ0n) is 10.9. The topological polar surface area (TPSA) is 54.2 Å². The van der Waals surface area contributed by atoms with Crippen LogP contribution in [-0.2, 0) is 0 Å². The maximum absolute atomic E-state index is 5.38. The van der Waals surface area contributed by atoms with Crippen molar-refractivity contribution in [3.63, 3.8) is 0 Å². The number of anilines is 1. The highest BCUT2D eigenvalue weighted by molar-refractivity contribution is 5.24. The number of aromatic nitrogens is 2. The van der Waals surface area contributed by atoms with E-state index < -0.39 is 0 Å². The van der Waals surface area contributed by atoms with Crippen molar-refractivity contribution in [3.05, 3.63) is 5.89 Å². The Morgan fingerprint density at radius 1 is 1.41 bits per heavy atom. The van der Waals surface area contributed by atoms with E-state index >= 15 is 0 Å². The number of hydrogen-bond donors (Lipinski definition) is 1. The van der Waals surface area contributed by atoms with Crippen molar-refractivity contribution in [1.82, 2.24) is 15.5 Å². The van der Waals surface area contributed by atoms with Crippen LogP contribution in [0.15, 0.2) is 4.52 Å². The Labute approximate surface area is 103 Å². The molecule has 1 aliphatic carbocycles. The molecule has 5 heteroatoms. The molecule has 1 saturated carbocycles. The molecule has 2 rings (SSSR count). The maximum Gasteiger partial charge on any atom is 0.265 e. The molecule has 0 aromatic carbocycles. The Kier molecular flexibility index (Phi) is 3.99. The Balaban J connectivity index is 2.03. The van der Waals surface area contributed by atoms with Gasteiger partial charge < -0.3 is 14.7 Å². The molecule has 2 unspecified atom stereocenters. The van der Waals surface area contributed by atoms with E-state index in [9.17, 15) is 0 Å². The summed E-state index contributed by atoms with van der Waals surface area (Å²) in [5.74, 6) is 1.85. The van der Waals surface area contributed by atoms with Crippen molar-refractivity contribution in [2.45, 2.75) is 44.6 Å². The molecular weight excluding hydrogens is 216 g/mol. The van der Waals surface area contributed by atoms with Gasteiger partial charge in [0.25, 0.3) is 5.95 Å². The molecule has 1 fully saturated rings. The van der Waals surface area contributed by atoms with Crippen molar-refractivity contribution in [2.24, 2.45) is 0 Å². The SMILES string of the molecule is CCCNC1CCCC1c1nc(N(C)C)no1. The Morgan fingerprint density at radius 2 is 2.24 bits per heavy atom.